The van der Waals surface area contributed by atoms with Crippen molar-refractivity contribution in [2.24, 2.45) is 5.73 Å². The van der Waals surface area contributed by atoms with Gasteiger partial charge in [-0.1, -0.05) is 30.3 Å². The summed E-state index contributed by atoms with van der Waals surface area (Å²) in [5, 5.41) is 14.4. The molecule has 1 aliphatic heterocycles. The van der Waals surface area contributed by atoms with E-state index in [1.807, 2.05) is 30.3 Å². The third-order valence-corrected chi connectivity index (χ3v) is 5.80. The molecule has 0 saturated carbocycles. The number of aliphatic carboxylic acids is 1. The molecule has 1 aromatic carbocycles. The number of carbonyl (C=O) groups excluding carboxylic acids is 3. The Labute approximate surface area is 197 Å². The van der Waals surface area contributed by atoms with Crippen LogP contribution in [0.5, 0.6) is 0 Å². The molecule has 1 aliphatic rings. The number of hydrogen-bond acceptors (Lipinski definition) is 6. The second-order valence-corrected chi connectivity index (χ2v) is 8.40. The van der Waals surface area contributed by atoms with E-state index in [9.17, 15) is 24.3 Å². The van der Waals surface area contributed by atoms with Gasteiger partial charge in [-0.05, 0) is 31.7 Å². The minimum Gasteiger partial charge on any atom is -0.480 e. The van der Waals surface area contributed by atoms with E-state index >= 15 is 0 Å². The van der Waals surface area contributed by atoms with Crippen molar-refractivity contribution in [3.63, 3.8) is 0 Å². The van der Waals surface area contributed by atoms with Crippen molar-refractivity contribution in [2.45, 2.75) is 56.8 Å². The molecule has 0 radical (unpaired) electrons. The first kappa shape index (κ1) is 24.9. The molecule has 4 unspecified atom stereocenters. The van der Waals surface area contributed by atoms with Crippen LogP contribution < -0.4 is 16.4 Å². The van der Waals surface area contributed by atoms with Crippen LogP contribution in [0.15, 0.2) is 42.9 Å². The van der Waals surface area contributed by atoms with Gasteiger partial charge in [0, 0.05) is 24.9 Å². The highest BCUT2D eigenvalue weighted by molar-refractivity contribution is 5.94. The maximum absolute atomic E-state index is 12.9. The van der Waals surface area contributed by atoms with Gasteiger partial charge >= 0.3 is 5.97 Å². The average Bonchev–Trinajstić information content (AvgIpc) is 3.50. The summed E-state index contributed by atoms with van der Waals surface area (Å²) < 4.78 is 0. The van der Waals surface area contributed by atoms with E-state index < -0.39 is 42.0 Å². The number of benzene rings is 1. The highest BCUT2D eigenvalue weighted by Gasteiger charge is 2.37. The number of aromatic nitrogens is 2. The molecule has 182 valence electrons. The Kier molecular flexibility index (Phi) is 8.36. The number of nitrogens with two attached hydrogens (primary N) is 1. The maximum atomic E-state index is 12.9. The van der Waals surface area contributed by atoms with Gasteiger partial charge in [-0.2, -0.15) is 0 Å². The summed E-state index contributed by atoms with van der Waals surface area (Å²) >= 11 is 0. The van der Waals surface area contributed by atoms with Crippen LogP contribution in [0.3, 0.4) is 0 Å². The van der Waals surface area contributed by atoms with Gasteiger partial charge in [0.05, 0.1) is 12.4 Å². The molecule has 1 saturated heterocycles. The van der Waals surface area contributed by atoms with E-state index in [-0.39, 0.29) is 12.3 Å². The van der Waals surface area contributed by atoms with Gasteiger partial charge in [-0.3, -0.25) is 14.4 Å². The molecule has 11 nitrogen and oxygen atoms in total. The number of imidazole rings is 1. The number of carboxylic acids is 1. The molecule has 3 rings (SSSR count). The number of hydrogen-bond donors (Lipinski definition) is 5. The summed E-state index contributed by atoms with van der Waals surface area (Å²) in [5.41, 5.74) is 7.61. The minimum absolute atomic E-state index is 0.0198. The second-order valence-electron chi connectivity index (χ2n) is 8.40. The molecule has 2 heterocycles. The van der Waals surface area contributed by atoms with E-state index in [0.717, 1.165) is 5.56 Å². The van der Waals surface area contributed by atoms with E-state index in [0.29, 0.717) is 31.5 Å². The summed E-state index contributed by atoms with van der Waals surface area (Å²) in [7, 11) is 0. The van der Waals surface area contributed by atoms with Crippen LogP contribution >= 0.6 is 0 Å². The van der Waals surface area contributed by atoms with E-state index in [4.69, 9.17) is 5.73 Å². The number of nitrogens with zero attached hydrogens (tertiary/aromatic N) is 2. The van der Waals surface area contributed by atoms with Gasteiger partial charge < -0.3 is 31.4 Å². The van der Waals surface area contributed by atoms with Crippen LogP contribution in [0.1, 0.15) is 31.0 Å². The van der Waals surface area contributed by atoms with Crippen molar-refractivity contribution in [1.29, 1.82) is 0 Å². The third-order valence-electron chi connectivity index (χ3n) is 5.80. The second kappa shape index (κ2) is 11.4. The molecular weight excluding hydrogens is 440 g/mol. The molecule has 1 aromatic heterocycles. The molecule has 34 heavy (non-hydrogen) atoms. The van der Waals surface area contributed by atoms with E-state index in [1.165, 1.54) is 24.3 Å². The molecule has 0 aliphatic carbocycles. The fourth-order valence-corrected chi connectivity index (χ4v) is 3.96. The molecular formula is C23H30N6O5. The molecule has 0 bridgehead atoms. The number of amides is 3. The highest BCUT2D eigenvalue weighted by atomic mass is 16.4. The highest BCUT2D eigenvalue weighted by Crippen LogP contribution is 2.19. The monoisotopic (exact) mass is 470 g/mol. The molecule has 6 N–H and O–H groups in total. The maximum Gasteiger partial charge on any atom is 0.326 e. The summed E-state index contributed by atoms with van der Waals surface area (Å²) in [6.45, 7) is 1.87. The van der Waals surface area contributed by atoms with Crippen LogP contribution in [0.4, 0.5) is 0 Å². The minimum atomic E-state index is -1.21. The predicted octanol–water partition coefficient (Wildman–Crippen LogP) is -0.413. The van der Waals surface area contributed by atoms with Crippen molar-refractivity contribution in [2.75, 3.05) is 6.54 Å². The predicted molar refractivity (Wildman–Crippen MR) is 122 cm³/mol. The first-order valence-corrected chi connectivity index (χ1v) is 11.2. The number of carbonyl (C=O) groups is 4. The lowest BCUT2D eigenvalue weighted by molar-refractivity contribution is -0.143. The lowest BCUT2D eigenvalue weighted by atomic mass is 10.0. The first-order valence-electron chi connectivity index (χ1n) is 11.2. The zero-order valence-corrected chi connectivity index (χ0v) is 18.9. The van der Waals surface area contributed by atoms with Gasteiger partial charge in [0.2, 0.25) is 17.7 Å². The average molecular weight is 471 g/mol. The van der Waals surface area contributed by atoms with Crippen LogP contribution in [0, 0.1) is 0 Å². The zero-order valence-electron chi connectivity index (χ0n) is 18.9. The van der Waals surface area contributed by atoms with Gasteiger partial charge in [-0.25, -0.2) is 9.78 Å². The molecule has 11 heteroatoms. The SMILES string of the molecule is CC(NC(=O)C1CCCN1C(=O)C(N)Cc1ccccc1)C(=O)NC(Cc1cnc[nH]1)C(=O)O. The molecule has 3 amide bonds. The Morgan fingerprint density at radius 1 is 1.21 bits per heavy atom. The van der Waals surface area contributed by atoms with Crippen LogP contribution in [-0.2, 0) is 32.0 Å². The lowest BCUT2D eigenvalue weighted by Gasteiger charge is -2.28. The molecule has 4 atom stereocenters. The van der Waals surface area contributed by atoms with Crippen molar-refractivity contribution in [3.8, 4) is 0 Å². The summed E-state index contributed by atoms with van der Waals surface area (Å²) in [4.78, 5) is 58.0. The molecule has 0 spiro atoms. The standard InChI is InChI=1S/C23H30N6O5/c1-14(20(30)28-18(23(33)34)11-16-12-25-13-26-16)27-21(31)19-8-5-9-29(19)22(32)17(24)10-15-6-3-2-4-7-15/h2-4,6-7,12-14,17-19H,5,8-11,24H2,1H3,(H,25,26)(H,27,31)(H,28,30)(H,33,34). The fourth-order valence-electron chi connectivity index (χ4n) is 3.96. The van der Waals surface area contributed by atoms with Crippen LogP contribution in [0.25, 0.3) is 0 Å². The van der Waals surface area contributed by atoms with Crippen molar-refractivity contribution in [3.05, 3.63) is 54.1 Å². The Bertz CT molecular complexity index is 997. The summed E-state index contributed by atoms with van der Waals surface area (Å²) in [6, 6.07) is 5.70. The number of rotatable bonds is 10. The van der Waals surface area contributed by atoms with Crippen molar-refractivity contribution < 1.29 is 24.3 Å². The third kappa shape index (κ3) is 6.41. The Morgan fingerprint density at radius 2 is 1.94 bits per heavy atom. The summed E-state index contributed by atoms with van der Waals surface area (Å²) in [5.74, 6) is -2.64. The normalized spacial score (nSPS) is 18.1. The van der Waals surface area contributed by atoms with Crippen molar-refractivity contribution in [1.82, 2.24) is 25.5 Å². The Hall–Kier alpha value is -3.73. The van der Waals surface area contributed by atoms with E-state index in [1.54, 1.807) is 0 Å². The van der Waals surface area contributed by atoms with E-state index in [2.05, 4.69) is 20.6 Å². The Balaban J connectivity index is 1.55. The number of nitrogens with one attached hydrogen (secondary N) is 3. The smallest absolute Gasteiger partial charge is 0.326 e. The quantitative estimate of drug-likeness (QED) is 0.314. The molecule has 1 fully saturated rings. The van der Waals surface area contributed by atoms with Crippen LogP contribution in [0.2, 0.25) is 0 Å². The number of aromatic amines is 1. The topological polar surface area (TPSA) is 171 Å². The van der Waals surface area contributed by atoms with Gasteiger partial charge in [0.25, 0.3) is 0 Å². The van der Waals surface area contributed by atoms with Gasteiger partial charge in [-0.15, -0.1) is 0 Å². The van der Waals surface area contributed by atoms with Crippen LogP contribution in [-0.4, -0.2) is 74.4 Å². The molecule has 2 aromatic rings. The fraction of sp³-hybridized carbons (Fsp3) is 0.435. The first-order chi connectivity index (χ1) is 16.3. The van der Waals surface area contributed by atoms with Gasteiger partial charge in [0.1, 0.15) is 18.1 Å². The lowest BCUT2D eigenvalue weighted by Crippen LogP contribution is -2.56. The summed E-state index contributed by atoms with van der Waals surface area (Å²) in [6.07, 6.45) is 4.37. The largest absolute Gasteiger partial charge is 0.480 e. The van der Waals surface area contributed by atoms with Crippen molar-refractivity contribution >= 4 is 23.7 Å². The number of likely N-dealkylation sites (tertiary alicyclic amines) is 1. The Morgan fingerprint density at radius 3 is 2.59 bits per heavy atom. The zero-order chi connectivity index (χ0) is 24.7. The number of carboxylic acid groups (broad SMARTS) is 1. The number of H-pyrrole nitrogens is 1. The van der Waals surface area contributed by atoms with Gasteiger partial charge in [0.15, 0.2) is 0 Å².